The first-order valence-electron chi connectivity index (χ1n) is 11.5. The molecule has 36 heavy (non-hydrogen) atoms. The van der Waals surface area contributed by atoms with Crippen molar-refractivity contribution in [3.8, 4) is 17.2 Å². The monoisotopic (exact) mass is 493 g/mol. The number of aliphatic hydroxyl groups is 5. The van der Waals surface area contributed by atoms with Crippen molar-refractivity contribution in [2.24, 2.45) is 0 Å². The SMILES string of the molecule is OC[C@H]1OC(O)[C@@](O)(Oc2cccc3[nH]cc(Cc4ccc(Oc5ccccc5)cc4)c23)[C@@H](O)[C@@H]1O. The van der Waals surface area contributed by atoms with Gasteiger partial charge in [0, 0.05) is 17.1 Å². The van der Waals surface area contributed by atoms with Crippen LogP contribution in [0.1, 0.15) is 11.1 Å². The summed E-state index contributed by atoms with van der Waals surface area (Å²) in [5, 5.41) is 51.9. The lowest BCUT2D eigenvalue weighted by atomic mass is 9.95. The van der Waals surface area contributed by atoms with Crippen molar-refractivity contribution in [3.63, 3.8) is 0 Å². The number of hydrogen-bond acceptors (Lipinski definition) is 8. The molecule has 4 aromatic rings. The number of aliphatic hydroxyl groups excluding tert-OH is 4. The van der Waals surface area contributed by atoms with E-state index in [1.807, 2.05) is 66.9 Å². The van der Waals surface area contributed by atoms with Crippen LogP contribution in [0.4, 0.5) is 0 Å². The maximum atomic E-state index is 11.0. The molecule has 1 fully saturated rings. The summed E-state index contributed by atoms with van der Waals surface area (Å²) >= 11 is 0. The second-order valence-electron chi connectivity index (χ2n) is 8.73. The van der Waals surface area contributed by atoms with E-state index in [2.05, 4.69) is 4.98 Å². The number of para-hydroxylation sites is 1. The lowest BCUT2D eigenvalue weighted by Crippen LogP contribution is -2.69. The van der Waals surface area contributed by atoms with E-state index in [4.69, 9.17) is 14.2 Å². The molecule has 5 atom stereocenters. The molecule has 0 aliphatic carbocycles. The molecule has 3 aromatic carbocycles. The van der Waals surface area contributed by atoms with Crippen LogP contribution in [-0.2, 0) is 11.2 Å². The van der Waals surface area contributed by atoms with Crippen molar-refractivity contribution in [1.29, 1.82) is 0 Å². The average molecular weight is 494 g/mol. The van der Waals surface area contributed by atoms with Gasteiger partial charge in [-0.1, -0.05) is 36.4 Å². The number of aromatic nitrogens is 1. The molecule has 1 unspecified atom stereocenters. The smallest absolute Gasteiger partial charge is 0.288 e. The van der Waals surface area contributed by atoms with Crippen LogP contribution in [-0.4, -0.2) is 67.5 Å². The Kier molecular flexibility index (Phi) is 6.67. The lowest BCUT2D eigenvalue weighted by Gasteiger charge is -2.45. The van der Waals surface area contributed by atoms with E-state index in [0.29, 0.717) is 23.1 Å². The summed E-state index contributed by atoms with van der Waals surface area (Å²) in [6.45, 7) is -0.655. The van der Waals surface area contributed by atoms with Crippen molar-refractivity contribution < 1.29 is 39.7 Å². The Morgan fingerprint density at radius 3 is 2.33 bits per heavy atom. The second kappa shape index (κ2) is 9.90. The highest BCUT2D eigenvalue weighted by atomic mass is 16.7. The first kappa shape index (κ1) is 24.3. The Labute approximate surface area is 206 Å². The highest BCUT2D eigenvalue weighted by Crippen LogP contribution is 2.37. The van der Waals surface area contributed by atoms with Crippen molar-refractivity contribution >= 4 is 10.9 Å². The molecule has 2 heterocycles. The Morgan fingerprint density at radius 2 is 1.61 bits per heavy atom. The lowest BCUT2D eigenvalue weighted by molar-refractivity contribution is -0.385. The third kappa shape index (κ3) is 4.56. The molecule has 1 aliphatic rings. The fourth-order valence-corrected chi connectivity index (χ4v) is 4.34. The number of hydrogen-bond donors (Lipinski definition) is 6. The van der Waals surface area contributed by atoms with Crippen LogP contribution >= 0.6 is 0 Å². The van der Waals surface area contributed by atoms with E-state index in [-0.39, 0.29) is 5.75 Å². The molecule has 0 amide bonds. The molecule has 9 nitrogen and oxygen atoms in total. The third-order valence-corrected chi connectivity index (χ3v) is 6.29. The van der Waals surface area contributed by atoms with Crippen LogP contribution in [0.3, 0.4) is 0 Å². The maximum absolute atomic E-state index is 11.0. The molecule has 1 saturated heterocycles. The van der Waals surface area contributed by atoms with Crippen LogP contribution in [0.5, 0.6) is 17.2 Å². The van der Waals surface area contributed by atoms with Crippen molar-refractivity contribution in [1.82, 2.24) is 4.98 Å². The van der Waals surface area contributed by atoms with Gasteiger partial charge in [-0.15, -0.1) is 0 Å². The first-order chi connectivity index (χ1) is 17.4. The summed E-state index contributed by atoms with van der Waals surface area (Å²) in [4.78, 5) is 3.17. The number of ether oxygens (including phenoxy) is 3. The zero-order chi connectivity index (χ0) is 25.3. The summed E-state index contributed by atoms with van der Waals surface area (Å²) in [5.74, 6) is -1.04. The van der Waals surface area contributed by atoms with Crippen molar-refractivity contribution in [3.05, 3.63) is 90.1 Å². The van der Waals surface area contributed by atoms with E-state index in [9.17, 15) is 25.5 Å². The van der Waals surface area contributed by atoms with E-state index >= 15 is 0 Å². The van der Waals surface area contributed by atoms with Crippen molar-refractivity contribution in [2.45, 2.75) is 36.8 Å². The summed E-state index contributed by atoms with van der Waals surface area (Å²) in [6, 6.07) is 22.2. The van der Waals surface area contributed by atoms with Gasteiger partial charge in [0.05, 0.1) is 6.61 Å². The standard InChI is InChI=1S/C27H27NO8/c29-15-22-24(30)25(31)27(33,26(32)35-22)36-21-8-4-7-20-23(21)17(14-28-20)13-16-9-11-19(12-10-16)34-18-5-2-1-3-6-18/h1-12,14,22,24-26,28-33H,13,15H2/t22-,24-,25+,26?,27+/m1/s1. The van der Waals surface area contributed by atoms with Gasteiger partial charge in [0.2, 0.25) is 6.29 Å². The third-order valence-electron chi connectivity index (χ3n) is 6.29. The van der Waals surface area contributed by atoms with Gasteiger partial charge in [0.25, 0.3) is 5.79 Å². The molecule has 9 heteroatoms. The number of aromatic amines is 1. The van der Waals surface area contributed by atoms with E-state index in [1.54, 1.807) is 12.1 Å². The molecule has 0 spiro atoms. The van der Waals surface area contributed by atoms with Gasteiger partial charge >= 0.3 is 0 Å². The number of rotatable bonds is 7. The molecular formula is C27H27NO8. The fraction of sp³-hybridized carbons (Fsp3) is 0.259. The minimum absolute atomic E-state index is 0.173. The van der Waals surface area contributed by atoms with Gasteiger partial charge in [-0.05, 0) is 53.9 Å². The van der Waals surface area contributed by atoms with Crippen LogP contribution in [0.2, 0.25) is 0 Å². The van der Waals surface area contributed by atoms with E-state index in [0.717, 1.165) is 16.9 Å². The molecular weight excluding hydrogens is 466 g/mol. The normalized spacial score (nSPS) is 26.1. The zero-order valence-corrected chi connectivity index (χ0v) is 19.2. The quantitative estimate of drug-likeness (QED) is 0.215. The van der Waals surface area contributed by atoms with Crippen molar-refractivity contribution in [2.75, 3.05) is 6.61 Å². The number of benzene rings is 3. The summed E-state index contributed by atoms with van der Waals surface area (Å²) in [6.07, 6.45) is -4.56. The summed E-state index contributed by atoms with van der Waals surface area (Å²) < 4.78 is 16.6. The van der Waals surface area contributed by atoms with Crippen LogP contribution in [0, 0.1) is 0 Å². The second-order valence-corrected chi connectivity index (χ2v) is 8.73. The fourth-order valence-electron chi connectivity index (χ4n) is 4.34. The highest BCUT2D eigenvalue weighted by Gasteiger charge is 2.57. The first-order valence-corrected chi connectivity index (χ1v) is 11.5. The highest BCUT2D eigenvalue weighted by molar-refractivity contribution is 5.89. The summed E-state index contributed by atoms with van der Waals surface area (Å²) in [7, 11) is 0. The molecule has 0 radical (unpaired) electrons. The number of H-pyrrole nitrogens is 1. The van der Waals surface area contributed by atoms with Gasteiger partial charge in [0.15, 0.2) is 6.10 Å². The van der Waals surface area contributed by atoms with Crippen LogP contribution in [0.25, 0.3) is 10.9 Å². The molecule has 5 rings (SSSR count). The number of fused-ring (bicyclic) bond motifs is 1. The molecule has 1 aromatic heterocycles. The van der Waals surface area contributed by atoms with E-state index in [1.165, 1.54) is 0 Å². The Bertz CT molecular complexity index is 1310. The summed E-state index contributed by atoms with van der Waals surface area (Å²) in [5.41, 5.74) is 2.55. The van der Waals surface area contributed by atoms with E-state index < -0.39 is 37.0 Å². The predicted octanol–water partition coefficient (Wildman–Crippen LogP) is 2.05. The molecule has 6 N–H and O–H groups in total. The minimum atomic E-state index is -2.66. The van der Waals surface area contributed by atoms with Crippen LogP contribution in [0.15, 0.2) is 79.0 Å². The largest absolute Gasteiger partial charge is 0.457 e. The Morgan fingerprint density at radius 1 is 0.889 bits per heavy atom. The van der Waals surface area contributed by atoms with Gasteiger partial charge in [-0.3, -0.25) is 0 Å². The molecule has 1 aliphatic heterocycles. The molecule has 188 valence electrons. The van der Waals surface area contributed by atoms with Gasteiger partial charge in [-0.2, -0.15) is 0 Å². The van der Waals surface area contributed by atoms with Gasteiger partial charge < -0.3 is 44.7 Å². The predicted molar refractivity (Wildman–Crippen MR) is 130 cm³/mol. The molecule has 0 saturated carbocycles. The van der Waals surface area contributed by atoms with Crippen LogP contribution < -0.4 is 9.47 Å². The Hall–Kier alpha value is -3.44. The zero-order valence-electron chi connectivity index (χ0n) is 19.2. The number of nitrogens with one attached hydrogen (secondary N) is 1. The Balaban J connectivity index is 1.39. The van der Waals surface area contributed by atoms with Gasteiger partial charge in [-0.25, -0.2) is 0 Å². The maximum Gasteiger partial charge on any atom is 0.288 e. The average Bonchev–Trinajstić information content (AvgIpc) is 3.31. The topological polar surface area (TPSA) is 145 Å². The molecule has 0 bridgehead atoms. The minimum Gasteiger partial charge on any atom is -0.457 e. The van der Waals surface area contributed by atoms with Gasteiger partial charge in [0.1, 0.15) is 29.5 Å².